The maximum absolute atomic E-state index is 8.91. The van der Waals surface area contributed by atoms with E-state index in [1.54, 1.807) is 0 Å². The van der Waals surface area contributed by atoms with Crippen LogP contribution >= 0.6 is 0 Å². The lowest BCUT2D eigenvalue weighted by atomic mass is 10.1. The monoisotopic (exact) mass is 194 g/mol. The summed E-state index contributed by atoms with van der Waals surface area (Å²) in [6.45, 7) is 1.85. The molecule has 1 aliphatic carbocycles. The predicted octanol–water partition coefficient (Wildman–Crippen LogP) is 1.45. The highest BCUT2D eigenvalue weighted by Crippen LogP contribution is 2.25. The van der Waals surface area contributed by atoms with Crippen LogP contribution in [0.4, 0.5) is 0 Å². The Bertz CT molecular complexity index is 218. The van der Waals surface area contributed by atoms with E-state index >= 15 is 0 Å². The summed E-state index contributed by atoms with van der Waals surface area (Å²) in [6.07, 6.45) is 6.19. The van der Waals surface area contributed by atoms with Gasteiger partial charge in [-0.2, -0.15) is 5.26 Å². The van der Waals surface area contributed by atoms with Crippen LogP contribution in [0, 0.1) is 17.2 Å². The van der Waals surface area contributed by atoms with Crippen molar-refractivity contribution in [3.63, 3.8) is 0 Å². The molecule has 1 aliphatic heterocycles. The van der Waals surface area contributed by atoms with Crippen LogP contribution in [0.1, 0.15) is 32.1 Å². The summed E-state index contributed by atoms with van der Waals surface area (Å²) in [6, 6.07) is 2.81. The minimum Gasteiger partial charge on any atom is -0.377 e. The van der Waals surface area contributed by atoms with Gasteiger partial charge < -0.3 is 10.1 Å². The molecule has 2 rings (SSSR count). The van der Waals surface area contributed by atoms with Crippen molar-refractivity contribution >= 4 is 0 Å². The minimum atomic E-state index is 0.233. The summed E-state index contributed by atoms with van der Waals surface area (Å²) in [5, 5.41) is 12.4. The summed E-state index contributed by atoms with van der Waals surface area (Å²) < 4.78 is 5.54. The molecule has 3 unspecified atom stereocenters. The van der Waals surface area contributed by atoms with E-state index in [0.29, 0.717) is 12.1 Å². The highest BCUT2D eigenvalue weighted by molar-refractivity contribution is 4.96. The van der Waals surface area contributed by atoms with E-state index in [9.17, 15) is 0 Å². The van der Waals surface area contributed by atoms with Crippen LogP contribution in [0.25, 0.3) is 0 Å². The quantitative estimate of drug-likeness (QED) is 0.739. The van der Waals surface area contributed by atoms with Crippen LogP contribution in [0.2, 0.25) is 0 Å². The van der Waals surface area contributed by atoms with Gasteiger partial charge in [-0.05, 0) is 25.7 Å². The Morgan fingerprint density at radius 2 is 2.21 bits per heavy atom. The first-order chi connectivity index (χ1) is 6.90. The van der Waals surface area contributed by atoms with Gasteiger partial charge in [-0.25, -0.2) is 0 Å². The first kappa shape index (κ1) is 9.95. The SMILES string of the molecule is N#CC1CCCC1NCC1CCCO1. The Hall–Kier alpha value is -0.590. The number of hydrogen-bond acceptors (Lipinski definition) is 3. The molecular formula is C11H18N2O. The van der Waals surface area contributed by atoms with Crippen molar-refractivity contribution in [3.05, 3.63) is 0 Å². The van der Waals surface area contributed by atoms with Crippen molar-refractivity contribution in [1.82, 2.24) is 5.32 Å². The molecule has 0 aromatic carbocycles. The van der Waals surface area contributed by atoms with Gasteiger partial charge in [0.25, 0.3) is 0 Å². The van der Waals surface area contributed by atoms with E-state index in [0.717, 1.165) is 26.0 Å². The number of ether oxygens (including phenoxy) is 1. The Morgan fingerprint density at radius 3 is 2.93 bits per heavy atom. The fraction of sp³-hybridized carbons (Fsp3) is 0.909. The second kappa shape index (κ2) is 4.77. The second-order valence-corrected chi connectivity index (χ2v) is 4.32. The fourth-order valence-corrected chi connectivity index (χ4v) is 2.45. The summed E-state index contributed by atoms with van der Waals surface area (Å²) in [4.78, 5) is 0. The third-order valence-corrected chi connectivity index (χ3v) is 3.31. The smallest absolute Gasteiger partial charge is 0.0700 e. The van der Waals surface area contributed by atoms with Gasteiger partial charge in [0.2, 0.25) is 0 Å². The number of nitriles is 1. The molecule has 2 fully saturated rings. The molecule has 0 spiro atoms. The summed E-state index contributed by atoms with van der Waals surface area (Å²) in [5.41, 5.74) is 0. The molecule has 3 heteroatoms. The third-order valence-electron chi connectivity index (χ3n) is 3.31. The molecule has 0 bridgehead atoms. The van der Waals surface area contributed by atoms with Crippen molar-refractivity contribution in [1.29, 1.82) is 5.26 Å². The van der Waals surface area contributed by atoms with Gasteiger partial charge >= 0.3 is 0 Å². The van der Waals surface area contributed by atoms with E-state index < -0.39 is 0 Å². The zero-order valence-electron chi connectivity index (χ0n) is 8.54. The number of nitrogens with zero attached hydrogens (tertiary/aromatic N) is 1. The lowest BCUT2D eigenvalue weighted by Gasteiger charge is -2.18. The molecule has 3 atom stereocenters. The fourth-order valence-electron chi connectivity index (χ4n) is 2.45. The highest BCUT2D eigenvalue weighted by Gasteiger charge is 2.27. The van der Waals surface area contributed by atoms with Gasteiger partial charge in [0.15, 0.2) is 0 Å². The summed E-state index contributed by atoms with van der Waals surface area (Å²) >= 11 is 0. The normalized spacial score (nSPS) is 37.2. The Kier molecular flexibility index (Phi) is 3.39. The van der Waals surface area contributed by atoms with E-state index in [1.807, 2.05) is 0 Å². The van der Waals surface area contributed by atoms with Crippen LogP contribution in [0.3, 0.4) is 0 Å². The Labute approximate surface area is 85.4 Å². The average Bonchev–Trinajstić information content (AvgIpc) is 2.85. The standard InChI is InChI=1S/C11H18N2O/c12-7-9-3-1-5-11(9)13-8-10-4-2-6-14-10/h9-11,13H,1-6,8H2. The van der Waals surface area contributed by atoms with Gasteiger partial charge in [0.1, 0.15) is 0 Å². The van der Waals surface area contributed by atoms with E-state index in [4.69, 9.17) is 10.00 Å². The van der Waals surface area contributed by atoms with Gasteiger partial charge in [0, 0.05) is 19.2 Å². The summed E-state index contributed by atoms with van der Waals surface area (Å²) in [7, 11) is 0. The van der Waals surface area contributed by atoms with Gasteiger partial charge in [-0.3, -0.25) is 0 Å². The van der Waals surface area contributed by atoms with Crippen molar-refractivity contribution in [2.75, 3.05) is 13.2 Å². The maximum atomic E-state index is 8.91. The molecule has 2 aliphatic rings. The van der Waals surface area contributed by atoms with Crippen LogP contribution in [0.15, 0.2) is 0 Å². The predicted molar refractivity (Wildman–Crippen MR) is 53.7 cm³/mol. The topological polar surface area (TPSA) is 45.0 Å². The van der Waals surface area contributed by atoms with Gasteiger partial charge in [-0.1, -0.05) is 6.42 Å². The van der Waals surface area contributed by atoms with Gasteiger partial charge in [-0.15, -0.1) is 0 Å². The molecule has 0 amide bonds. The lowest BCUT2D eigenvalue weighted by Crippen LogP contribution is -2.37. The molecule has 0 radical (unpaired) electrons. The molecule has 1 N–H and O–H groups in total. The largest absolute Gasteiger partial charge is 0.377 e. The van der Waals surface area contributed by atoms with Crippen molar-refractivity contribution in [2.45, 2.75) is 44.2 Å². The Morgan fingerprint density at radius 1 is 1.29 bits per heavy atom. The zero-order chi connectivity index (χ0) is 9.80. The van der Waals surface area contributed by atoms with Crippen molar-refractivity contribution in [3.8, 4) is 6.07 Å². The minimum absolute atomic E-state index is 0.233. The number of nitrogens with one attached hydrogen (secondary N) is 1. The molecule has 1 heterocycles. The van der Waals surface area contributed by atoms with Crippen LogP contribution in [0.5, 0.6) is 0 Å². The van der Waals surface area contributed by atoms with Gasteiger partial charge in [0.05, 0.1) is 18.1 Å². The molecule has 1 saturated carbocycles. The maximum Gasteiger partial charge on any atom is 0.0700 e. The van der Waals surface area contributed by atoms with E-state index in [2.05, 4.69) is 11.4 Å². The second-order valence-electron chi connectivity index (χ2n) is 4.32. The van der Waals surface area contributed by atoms with E-state index in [-0.39, 0.29) is 5.92 Å². The molecular weight excluding hydrogens is 176 g/mol. The number of rotatable bonds is 3. The van der Waals surface area contributed by atoms with Crippen molar-refractivity contribution < 1.29 is 4.74 Å². The number of hydrogen-bond donors (Lipinski definition) is 1. The van der Waals surface area contributed by atoms with Crippen LogP contribution in [-0.2, 0) is 4.74 Å². The average molecular weight is 194 g/mol. The molecule has 0 aromatic heterocycles. The first-order valence-corrected chi connectivity index (χ1v) is 5.65. The van der Waals surface area contributed by atoms with Crippen molar-refractivity contribution in [2.24, 2.45) is 5.92 Å². The molecule has 3 nitrogen and oxygen atoms in total. The highest BCUT2D eigenvalue weighted by atomic mass is 16.5. The molecule has 78 valence electrons. The molecule has 14 heavy (non-hydrogen) atoms. The third kappa shape index (κ3) is 2.26. The van der Waals surface area contributed by atoms with Crippen LogP contribution in [-0.4, -0.2) is 25.3 Å². The molecule has 0 aromatic rings. The Balaban J connectivity index is 1.71. The van der Waals surface area contributed by atoms with E-state index in [1.165, 1.54) is 19.3 Å². The first-order valence-electron chi connectivity index (χ1n) is 5.65. The van der Waals surface area contributed by atoms with Crippen LogP contribution < -0.4 is 5.32 Å². The lowest BCUT2D eigenvalue weighted by molar-refractivity contribution is 0.107. The zero-order valence-corrected chi connectivity index (χ0v) is 8.54. The summed E-state index contributed by atoms with van der Waals surface area (Å²) in [5.74, 6) is 0.233. The molecule has 1 saturated heterocycles.